The van der Waals surface area contributed by atoms with Gasteiger partial charge in [0.05, 0.1) is 13.7 Å². The van der Waals surface area contributed by atoms with E-state index >= 15 is 0 Å². The lowest BCUT2D eigenvalue weighted by molar-refractivity contribution is -0.155. The lowest BCUT2D eigenvalue weighted by Gasteiger charge is -2.15. The molecule has 1 unspecified atom stereocenters. The first-order valence-electron chi connectivity index (χ1n) is 5.94. The topological polar surface area (TPSA) is 48.4 Å². The van der Waals surface area contributed by atoms with E-state index in [0.29, 0.717) is 6.61 Å². The lowest BCUT2D eigenvalue weighted by Crippen LogP contribution is -2.17. The van der Waals surface area contributed by atoms with E-state index in [1.165, 1.54) is 7.11 Å². The van der Waals surface area contributed by atoms with Crippen LogP contribution in [0, 0.1) is 0 Å². The smallest absolute Gasteiger partial charge is 0.339 e. The predicted molar refractivity (Wildman–Crippen MR) is 70.2 cm³/mol. The molecule has 1 heterocycles. The van der Waals surface area contributed by atoms with Gasteiger partial charge in [0.1, 0.15) is 0 Å². The van der Waals surface area contributed by atoms with Crippen molar-refractivity contribution in [3.8, 4) is 0 Å². The van der Waals surface area contributed by atoms with Crippen molar-refractivity contribution in [3.05, 3.63) is 66.0 Å². The first-order chi connectivity index (χ1) is 9.31. The number of carbonyl (C=O) groups is 1. The quantitative estimate of drug-likeness (QED) is 0.772. The van der Waals surface area contributed by atoms with Gasteiger partial charge in [0.15, 0.2) is 6.10 Å². The van der Waals surface area contributed by atoms with Crippen LogP contribution in [0.5, 0.6) is 0 Å². The maximum absolute atomic E-state index is 11.8. The molecule has 0 fully saturated rings. The Morgan fingerprint density at radius 3 is 2.47 bits per heavy atom. The van der Waals surface area contributed by atoms with Crippen molar-refractivity contribution in [1.82, 2.24) is 4.98 Å². The Morgan fingerprint density at radius 1 is 1.16 bits per heavy atom. The molecule has 19 heavy (non-hydrogen) atoms. The molecule has 1 atom stereocenters. The van der Waals surface area contributed by atoms with Crippen molar-refractivity contribution < 1.29 is 14.3 Å². The molecule has 4 nitrogen and oxygen atoms in total. The van der Waals surface area contributed by atoms with Gasteiger partial charge in [0, 0.05) is 12.4 Å². The van der Waals surface area contributed by atoms with Gasteiger partial charge in [-0.25, -0.2) is 4.79 Å². The molecule has 0 aliphatic carbocycles. The Bertz CT molecular complexity index is 513. The van der Waals surface area contributed by atoms with E-state index in [4.69, 9.17) is 9.47 Å². The molecule has 0 aliphatic rings. The molecule has 2 rings (SSSR count). The predicted octanol–water partition coefficient (Wildman–Crippen LogP) is 2.51. The fourth-order valence-corrected chi connectivity index (χ4v) is 1.70. The van der Waals surface area contributed by atoms with E-state index in [-0.39, 0.29) is 0 Å². The average Bonchev–Trinajstić information content (AvgIpc) is 2.49. The van der Waals surface area contributed by atoms with Gasteiger partial charge in [-0.1, -0.05) is 30.3 Å². The van der Waals surface area contributed by atoms with Crippen molar-refractivity contribution in [2.45, 2.75) is 12.7 Å². The van der Waals surface area contributed by atoms with Crippen molar-refractivity contribution in [2.75, 3.05) is 7.11 Å². The number of aromatic nitrogens is 1. The molecule has 0 aliphatic heterocycles. The molecular weight excluding hydrogens is 242 g/mol. The summed E-state index contributed by atoms with van der Waals surface area (Å²) in [6, 6.07) is 13.2. The first kappa shape index (κ1) is 13.2. The van der Waals surface area contributed by atoms with Crippen LogP contribution >= 0.6 is 0 Å². The maximum Gasteiger partial charge on any atom is 0.339 e. The highest BCUT2D eigenvalue weighted by Gasteiger charge is 2.22. The summed E-state index contributed by atoms with van der Waals surface area (Å²) in [5.41, 5.74) is 1.74. The highest BCUT2D eigenvalue weighted by atomic mass is 16.6. The standard InChI is InChI=1S/C15H15NO3/c1-18-15(17)14(13-7-9-16-10-8-13)19-11-12-5-3-2-4-6-12/h2-10,14H,11H2,1H3. The van der Waals surface area contributed by atoms with Crippen LogP contribution in [0.2, 0.25) is 0 Å². The highest BCUT2D eigenvalue weighted by molar-refractivity contribution is 5.76. The molecule has 0 spiro atoms. The Balaban J connectivity index is 2.09. The SMILES string of the molecule is COC(=O)C(OCc1ccccc1)c1ccncc1. The van der Waals surface area contributed by atoms with Crippen LogP contribution in [0.3, 0.4) is 0 Å². The fourth-order valence-electron chi connectivity index (χ4n) is 1.70. The van der Waals surface area contributed by atoms with Gasteiger partial charge in [-0.05, 0) is 23.3 Å². The second-order valence-electron chi connectivity index (χ2n) is 3.98. The molecule has 0 saturated carbocycles. The second kappa shape index (κ2) is 6.66. The largest absolute Gasteiger partial charge is 0.467 e. The number of nitrogens with zero attached hydrogens (tertiary/aromatic N) is 1. The third kappa shape index (κ3) is 3.63. The summed E-state index contributed by atoms with van der Waals surface area (Å²) in [6.45, 7) is 0.350. The van der Waals surface area contributed by atoms with Crippen LogP contribution in [0.4, 0.5) is 0 Å². The molecule has 98 valence electrons. The minimum atomic E-state index is -0.729. The fraction of sp³-hybridized carbons (Fsp3) is 0.200. The van der Waals surface area contributed by atoms with Gasteiger partial charge in [-0.3, -0.25) is 4.98 Å². The summed E-state index contributed by atoms with van der Waals surface area (Å²) in [6.07, 6.45) is 2.52. The summed E-state index contributed by atoms with van der Waals surface area (Å²) in [5, 5.41) is 0. The molecule has 1 aromatic heterocycles. The number of esters is 1. The highest BCUT2D eigenvalue weighted by Crippen LogP contribution is 2.20. The van der Waals surface area contributed by atoms with Gasteiger partial charge in [0.2, 0.25) is 0 Å². The third-order valence-corrected chi connectivity index (χ3v) is 2.68. The monoisotopic (exact) mass is 257 g/mol. The van der Waals surface area contributed by atoms with Crippen molar-refractivity contribution >= 4 is 5.97 Å². The van der Waals surface area contributed by atoms with Crippen LogP contribution in [0.25, 0.3) is 0 Å². The summed E-state index contributed by atoms with van der Waals surface area (Å²) < 4.78 is 10.4. The number of hydrogen-bond acceptors (Lipinski definition) is 4. The van der Waals surface area contributed by atoms with Gasteiger partial charge in [0.25, 0.3) is 0 Å². The normalized spacial score (nSPS) is 11.8. The van der Waals surface area contributed by atoms with Crippen LogP contribution in [-0.2, 0) is 20.9 Å². The minimum Gasteiger partial charge on any atom is -0.467 e. The number of carbonyl (C=O) groups excluding carboxylic acids is 1. The molecule has 0 radical (unpaired) electrons. The minimum absolute atomic E-state index is 0.350. The van der Waals surface area contributed by atoms with E-state index in [1.807, 2.05) is 30.3 Å². The Kier molecular flexibility index (Phi) is 4.64. The van der Waals surface area contributed by atoms with E-state index in [9.17, 15) is 4.79 Å². The van der Waals surface area contributed by atoms with Gasteiger partial charge < -0.3 is 9.47 Å². The Morgan fingerprint density at radius 2 is 1.84 bits per heavy atom. The number of pyridine rings is 1. The third-order valence-electron chi connectivity index (χ3n) is 2.68. The van der Waals surface area contributed by atoms with E-state index in [0.717, 1.165) is 11.1 Å². The molecule has 0 N–H and O–H groups in total. The molecule has 0 bridgehead atoms. The van der Waals surface area contributed by atoms with E-state index in [1.54, 1.807) is 24.5 Å². The molecule has 0 amide bonds. The first-order valence-corrected chi connectivity index (χ1v) is 5.94. The van der Waals surface area contributed by atoms with E-state index in [2.05, 4.69) is 4.98 Å². The molecule has 1 aromatic carbocycles. The molecule has 2 aromatic rings. The number of methoxy groups -OCH3 is 1. The van der Waals surface area contributed by atoms with Gasteiger partial charge in [-0.2, -0.15) is 0 Å². The van der Waals surface area contributed by atoms with Crippen LogP contribution in [-0.4, -0.2) is 18.1 Å². The maximum atomic E-state index is 11.8. The zero-order valence-electron chi connectivity index (χ0n) is 10.7. The van der Waals surface area contributed by atoms with Crippen molar-refractivity contribution in [1.29, 1.82) is 0 Å². The number of ether oxygens (including phenoxy) is 2. The average molecular weight is 257 g/mol. The zero-order chi connectivity index (χ0) is 13.5. The molecule has 0 saturated heterocycles. The summed E-state index contributed by atoms with van der Waals surface area (Å²) >= 11 is 0. The van der Waals surface area contributed by atoms with Gasteiger partial charge in [-0.15, -0.1) is 0 Å². The van der Waals surface area contributed by atoms with E-state index < -0.39 is 12.1 Å². The number of hydrogen-bond donors (Lipinski definition) is 0. The molecular formula is C15H15NO3. The second-order valence-corrected chi connectivity index (χ2v) is 3.98. The lowest BCUT2D eigenvalue weighted by atomic mass is 10.1. The number of rotatable bonds is 5. The summed E-state index contributed by atoms with van der Waals surface area (Å²) in [7, 11) is 1.35. The Labute approximate surface area is 112 Å². The summed E-state index contributed by atoms with van der Waals surface area (Å²) in [5.74, 6) is -0.415. The zero-order valence-corrected chi connectivity index (χ0v) is 10.7. The van der Waals surface area contributed by atoms with Gasteiger partial charge >= 0.3 is 5.97 Å². The summed E-state index contributed by atoms with van der Waals surface area (Å²) in [4.78, 5) is 15.7. The molecule has 4 heteroatoms. The van der Waals surface area contributed by atoms with Crippen LogP contribution in [0.1, 0.15) is 17.2 Å². The van der Waals surface area contributed by atoms with Crippen LogP contribution in [0.15, 0.2) is 54.9 Å². The van der Waals surface area contributed by atoms with Crippen molar-refractivity contribution in [3.63, 3.8) is 0 Å². The van der Waals surface area contributed by atoms with Crippen LogP contribution < -0.4 is 0 Å². The van der Waals surface area contributed by atoms with Crippen molar-refractivity contribution in [2.24, 2.45) is 0 Å². The Hall–Kier alpha value is -2.20. The number of benzene rings is 1.